The molecule has 0 saturated heterocycles. The molecule has 0 radical (unpaired) electrons. The van der Waals surface area contributed by atoms with Gasteiger partial charge in [-0.05, 0) is 68.8 Å². The number of hydrogen-bond acceptors (Lipinski definition) is 3. The van der Waals surface area contributed by atoms with Crippen LogP contribution in [0.4, 0.5) is 0 Å². The van der Waals surface area contributed by atoms with Crippen molar-refractivity contribution in [3.05, 3.63) is 89.5 Å². The summed E-state index contributed by atoms with van der Waals surface area (Å²) in [6.07, 6.45) is 1.17. The fourth-order valence-electron chi connectivity index (χ4n) is 4.06. The summed E-state index contributed by atoms with van der Waals surface area (Å²) in [5.41, 5.74) is 3.80. The fraction of sp³-hybridized carbons (Fsp3) is 0.357. The average molecular weight is 435 g/mol. The molecule has 4 nitrogen and oxygen atoms in total. The highest BCUT2D eigenvalue weighted by Crippen LogP contribution is 2.34. The van der Waals surface area contributed by atoms with Gasteiger partial charge in [0.15, 0.2) is 0 Å². The second-order valence-electron chi connectivity index (χ2n) is 8.41. The third-order valence-electron chi connectivity index (χ3n) is 5.79. The van der Waals surface area contributed by atoms with Crippen LogP contribution in [0.25, 0.3) is 0 Å². The minimum absolute atomic E-state index is 0.167. The summed E-state index contributed by atoms with van der Waals surface area (Å²) in [4.78, 5) is 0. The molecule has 0 aliphatic heterocycles. The van der Waals surface area contributed by atoms with Gasteiger partial charge in [-0.25, -0.2) is 0 Å². The highest BCUT2D eigenvalue weighted by molar-refractivity contribution is 5.43. The predicted molar refractivity (Wildman–Crippen MR) is 130 cm³/mol. The summed E-state index contributed by atoms with van der Waals surface area (Å²) in [6, 6.07) is 25.6. The SMILES string of the molecule is COc1ccc([C@@H](C)[NH2+]CC[C@@H](c2ccc(OC(C)C)cc2)c2ccccc2OC)cc1. The van der Waals surface area contributed by atoms with Crippen LogP contribution in [-0.4, -0.2) is 26.9 Å². The molecule has 2 N–H and O–H groups in total. The Balaban J connectivity index is 1.75. The molecule has 0 bridgehead atoms. The maximum absolute atomic E-state index is 5.84. The van der Waals surface area contributed by atoms with Gasteiger partial charge in [-0.1, -0.05) is 30.3 Å². The van der Waals surface area contributed by atoms with Crippen LogP contribution in [0.15, 0.2) is 72.8 Å². The van der Waals surface area contributed by atoms with Crippen LogP contribution in [0.5, 0.6) is 17.2 Å². The number of quaternary nitrogens is 1. The second-order valence-corrected chi connectivity index (χ2v) is 8.41. The standard InChI is InChI=1S/C28H35NO3/c1-20(2)32-25-16-12-23(13-17-25)26(27-8-6-7-9-28(27)31-5)18-19-29-21(3)22-10-14-24(30-4)15-11-22/h6-17,20-21,26,29H,18-19H2,1-5H3/p+1/t21-,26+/m1/s1. The van der Waals surface area contributed by atoms with Gasteiger partial charge >= 0.3 is 0 Å². The number of ether oxygens (including phenoxy) is 3. The molecule has 0 saturated carbocycles. The summed E-state index contributed by atoms with van der Waals surface area (Å²) < 4.78 is 16.8. The lowest BCUT2D eigenvalue weighted by Gasteiger charge is -2.21. The highest BCUT2D eigenvalue weighted by atomic mass is 16.5. The zero-order valence-corrected chi connectivity index (χ0v) is 19.9. The highest BCUT2D eigenvalue weighted by Gasteiger charge is 2.20. The van der Waals surface area contributed by atoms with Gasteiger partial charge < -0.3 is 19.5 Å². The minimum atomic E-state index is 0.167. The molecule has 0 aliphatic carbocycles. The van der Waals surface area contributed by atoms with Crippen LogP contribution < -0.4 is 19.5 Å². The molecule has 0 aliphatic rings. The first kappa shape index (κ1) is 23.7. The number of benzene rings is 3. The van der Waals surface area contributed by atoms with Crippen molar-refractivity contribution in [2.75, 3.05) is 20.8 Å². The Morgan fingerprint density at radius 1 is 0.719 bits per heavy atom. The summed E-state index contributed by atoms with van der Waals surface area (Å²) in [7, 11) is 3.44. The lowest BCUT2D eigenvalue weighted by molar-refractivity contribution is -0.693. The van der Waals surface area contributed by atoms with Crippen LogP contribution in [0, 0.1) is 0 Å². The van der Waals surface area contributed by atoms with E-state index in [9.17, 15) is 0 Å². The van der Waals surface area contributed by atoms with Crippen molar-refractivity contribution >= 4 is 0 Å². The van der Waals surface area contributed by atoms with E-state index in [0.29, 0.717) is 6.04 Å². The van der Waals surface area contributed by atoms with E-state index in [1.165, 1.54) is 16.7 Å². The van der Waals surface area contributed by atoms with Crippen LogP contribution in [-0.2, 0) is 0 Å². The maximum Gasteiger partial charge on any atom is 0.122 e. The van der Waals surface area contributed by atoms with E-state index in [0.717, 1.165) is 30.2 Å². The molecule has 0 aromatic heterocycles. The predicted octanol–water partition coefficient (Wildman–Crippen LogP) is 5.34. The minimum Gasteiger partial charge on any atom is -0.497 e. The molecule has 3 aromatic carbocycles. The Kier molecular flexibility index (Phi) is 8.57. The third-order valence-corrected chi connectivity index (χ3v) is 5.79. The Bertz CT molecular complexity index is 951. The van der Waals surface area contributed by atoms with Crippen molar-refractivity contribution in [1.29, 1.82) is 0 Å². The largest absolute Gasteiger partial charge is 0.497 e. The van der Waals surface area contributed by atoms with E-state index in [-0.39, 0.29) is 12.0 Å². The summed E-state index contributed by atoms with van der Waals surface area (Å²) >= 11 is 0. The monoisotopic (exact) mass is 434 g/mol. The van der Waals surface area contributed by atoms with E-state index in [4.69, 9.17) is 14.2 Å². The number of para-hydroxylation sites is 1. The zero-order valence-electron chi connectivity index (χ0n) is 19.9. The second kappa shape index (κ2) is 11.6. The van der Waals surface area contributed by atoms with Gasteiger partial charge in [-0.15, -0.1) is 0 Å². The smallest absolute Gasteiger partial charge is 0.122 e. The van der Waals surface area contributed by atoms with E-state index < -0.39 is 0 Å². The van der Waals surface area contributed by atoms with Gasteiger partial charge in [0.1, 0.15) is 23.3 Å². The first-order valence-electron chi connectivity index (χ1n) is 11.4. The maximum atomic E-state index is 5.84. The Hall–Kier alpha value is -2.98. The summed E-state index contributed by atoms with van der Waals surface area (Å²) in [6.45, 7) is 7.34. The molecular formula is C28H36NO3+. The van der Waals surface area contributed by atoms with Gasteiger partial charge in [0.25, 0.3) is 0 Å². The number of hydrogen-bond donors (Lipinski definition) is 1. The van der Waals surface area contributed by atoms with Crippen molar-refractivity contribution in [3.63, 3.8) is 0 Å². The molecule has 3 rings (SSSR count). The molecule has 32 heavy (non-hydrogen) atoms. The van der Waals surface area contributed by atoms with Gasteiger partial charge in [-0.2, -0.15) is 0 Å². The molecule has 0 amide bonds. The Labute approximate surface area is 192 Å². The Morgan fingerprint density at radius 2 is 1.34 bits per heavy atom. The quantitative estimate of drug-likeness (QED) is 0.443. The summed E-state index contributed by atoms with van der Waals surface area (Å²) in [5.74, 6) is 2.98. The van der Waals surface area contributed by atoms with Crippen LogP contribution in [0.3, 0.4) is 0 Å². The molecular weight excluding hydrogens is 398 g/mol. The fourth-order valence-corrected chi connectivity index (χ4v) is 4.06. The summed E-state index contributed by atoms with van der Waals surface area (Å²) in [5, 5.41) is 2.40. The van der Waals surface area contributed by atoms with Crippen LogP contribution in [0.1, 0.15) is 55.8 Å². The molecule has 3 aromatic rings. The molecule has 0 heterocycles. The van der Waals surface area contributed by atoms with E-state index in [2.05, 4.69) is 60.8 Å². The van der Waals surface area contributed by atoms with Crippen LogP contribution in [0.2, 0.25) is 0 Å². The van der Waals surface area contributed by atoms with Gasteiger partial charge in [-0.3, -0.25) is 0 Å². The molecule has 0 fully saturated rings. The van der Waals surface area contributed by atoms with Crippen molar-refractivity contribution in [2.45, 2.75) is 45.3 Å². The third kappa shape index (κ3) is 6.27. The first-order chi connectivity index (χ1) is 15.5. The number of nitrogens with two attached hydrogens (primary N) is 1. The number of methoxy groups -OCH3 is 2. The lowest BCUT2D eigenvalue weighted by Crippen LogP contribution is -2.84. The average Bonchev–Trinajstić information content (AvgIpc) is 2.82. The topological polar surface area (TPSA) is 44.3 Å². The number of rotatable bonds is 11. The van der Waals surface area contributed by atoms with Crippen molar-refractivity contribution in [2.24, 2.45) is 0 Å². The van der Waals surface area contributed by atoms with E-state index >= 15 is 0 Å². The lowest BCUT2D eigenvalue weighted by atomic mass is 9.87. The molecule has 2 atom stereocenters. The molecule has 4 heteroatoms. The molecule has 0 unspecified atom stereocenters. The van der Waals surface area contributed by atoms with Crippen LogP contribution >= 0.6 is 0 Å². The zero-order chi connectivity index (χ0) is 22.9. The molecule has 170 valence electrons. The molecule has 0 spiro atoms. The normalized spacial score (nSPS) is 12.9. The van der Waals surface area contributed by atoms with Crippen molar-refractivity contribution < 1.29 is 19.5 Å². The first-order valence-corrected chi connectivity index (χ1v) is 11.4. The van der Waals surface area contributed by atoms with E-state index in [1.54, 1.807) is 14.2 Å². The van der Waals surface area contributed by atoms with Gasteiger partial charge in [0.2, 0.25) is 0 Å². The van der Waals surface area contributed by atoms with Gasteiger partial charge in [0, 0.05) is 23.5 Å². The van der Waals surface area contributed by atoms with E-state index in [1.807, 2.05) is 38.1 Å². The van der Waals surface area contributed by atoms with Crippen molar-refractivity contribution in [3.8, 4) is 17.2 Å². The Morgan fingerprint density at radius 3 is 1.97 bits per heavy atom. The van der Waals surface area contributed by atoms with Crippen molar-refractivity contribution in [1.82, 2.24) is 0 Å². The van der Waals surface area contributed by atoms with Gasteiger partial charge in [0.05, 0.1) is 26.9 Å².